The molecule has 0 aliphatic heterocycles. The van der Waals surface area contributed by atoms with E-state index < -0.39 is 5.60 Å². The van der Waals surface area contributed by atoms with E-state index in [-0.39, 0.29) is 0 Å². The van der Waals surface area contributed by atoms with Gasteiger partial charge in [0.1, 0.15) is 11.4 Å². The van der Waals surface area contributed by atoms with Crippen molar-refractivity contribution in [1.29, 1.82) is 0 Å². The molecule has 0 saturated carbocycles. The van der Waals surface area contributed by atoms with Crippen molar-refractivity contribution in [3.8, 4) is 0 Å². The average molecular weight is 251 g/mol. The zero-order valence-corrected chi connectivity index (χ0v) is 12.2. The molecule has 1 unspecified atom stereocenters. The molecule has 1 aromatic rings. The van der Waals surface area contributed by atoms with Gasteiger partial charge in [-0.05, 0) is 26.7 Å². The average Bonchev–Trinajstić information content (AvgIpc) is 2.38. The standard InChI is InChI=1S/C14H25N3O/c1-6-9-11-10-12(15-5)17-13(16-11)14(4,7-2)18-8-3/h10H,6-9H2,1-5H3,(H,15,16,17). The highest BCUT2D eigenvalue weighted by molar-refractivity contribution is 5.36. The minimum Gasteiger partial charge on any atom is -0.373 e. The van der Waals surface area contributed by atoms with Crippen molar-refractivity contribution in [2.45, 2.75) is 52.6 Å². The number of nitrogens with one attached hydrogen (secondary N) is 1. The maximum Gasteiger partial charge on any atom is 0.162 e. The summed E-state index contributed by atoms with van der Waals surface area (Å²) in [6, 6.07) is 2.01. The van der Waals surface area contributed by atoms with E-state index in [1.54, 1.807) is 0 Å². The van der Waals surface area contributed by atoms with Crippen LogP contribution in [0.3, 0.4) is 0 Å². The summed E-state index contributed by atoms with van der Waals surface area (Å²) in [6.45, 7) is 8.98. The monoisotopic (exact) mass is 251 g/mol. The van der Waals surface area contributed by atoms with Gasteiger partial charge < -0.3 is 10.1 Å². The fourth-order valence-corrected chi connectivity index (χ4v) is 1.89. The molecule has 0 spiro atoms. The Balaban J connectivity index is 3.16. The van der Waals surface area contributed by atoms with Crippen molar-refractivity contribution < 1.29 is 4.74 Å². The third-order valence-corrected chi connectivity index (χ3v) is 3.15. The summed E-state index contributed by atoms with van der Waals surface area (Å²) in [4.78, 5) is 9.20. The van der Waals surface area contributed by atoms with Gasteiger partial charge in [0.15, 0.2) is 5.82 Å². The molecule has 4 nitrogen and oxygen atoms in total. The van der Waals surface area contributed by atoms with E-state index in [0.717, 1.165) is 36.6 Å². The first-order valence-electron chi connectivity index (χ1n) is 6.79. The van der Waals surface area contributed by atoms with Gasteiger partial charge in [0.25, 0.3) is 0 Å². The molecule has 0 aliphatic carbocycles. The van der Waals surface area contributed by atoms with E-state index in [4.69, 9.17) is 4.74 Å². The molecular weight excluding hydrogens is 226 g/mol. The van der Waals surface area contributed by atoms with Gasteiger partial charge in [-0.1, -0.05) is 20.3 Å². The zero-order chi connectivity index (χ0) is 13.6. The normalized spacial score (nSPS) is 14.3. The van der Waals surface area contributed by atoms with Crippen molar-refractivity contribution in [2.24, 2.45) is 0 Å². The molecule has 0 bridgehead atoms. The van der Waals surface area contributed by atoms with Crippen LogP contribution in [-0.4, -0.2) is 23.6 Å². The van der Waals surface area contributed by atoms with Crippen molar-refractivity contribution in [2.75, 3.05) is 19.0 Å². The highest BCUT2D eigenvalue weighted by atomic mass is 16.5. The molecule has 0 radical (unpaired) electrons. The SMILES string of the molecule is CCCc1cc(NC)nc(C(C)(CC)OCC)n1. The molecule has 0 aliphatic rings. The molecule has 4 heteroatoms. The Morgan fingerprint density at radius 2 is 2.00 bits per heavy atom. The van der Waals surface area contributed by atoms with Gasteiger partial charge in [-0.25, -0.2) is 9.97 Å². The van der Waals surface area contributed by atoms with Crippen LogP contribution in [0.1, 0.15) is 52.1 Å². The van der Waals surface area contributed by atoms with Crippen LogP contribution < -0.4 is 5.32 Å². The topological polar surface area (TPSA) is 47.0 Å². The fourth-order valence-electron chi connectivity index (χ4n) is 1.89. The maximum atomic E-state index is 5.84. The zero-order valence-electron chi connectivity index (χ0n) is 12.2. The molecule has 1 rings (SSSR count). The molecule has 1 heterocycles. The molecule has 1 atom stereocenters. The Labute approximate surface area is 110 Å². The van der Waals surface area contributed by atoms with Gasteiger partial charge >= 0.3 is 0 Å². The summed E-state index contributed by atoms with van der Waals surface area (Å²) < 4.78 is 5.84. The second-order valence-electron chi connectivity index (χ2n) is 4.59. The van der Waals surface area contributed by atoms with Crippen LogP contribution in [0.15, 0.2) is 6.07 Å². The molecule has 18 heavy (non-hydrogen) atoms. The maximum absolute atomic E-state index is 5.84. The number of hydrogen-bond donors (Lipinski definition) is 1. The van der Waals surface area contributed by atoms with Crippen LogP contribution in [0.4, 0.5) is 5.82 Å². The lowest BCUT2D eigenvalue weighted by atomic mass is 10.0. The molecule has 0 saturated heterocycles. The van der Waals surface area contributed by atoms with E-state index in [1.807, 2.05) is 20.0 Å². The van der Waals surface area contributed by atoms with E-state index in [2.05, 4.69) is 36.1 Å². The summed E-state index contributed by atoms with van der Waals surface area (Å²) in [6.07, 6.45) is 2.91. The fraction of sp³-hybridized carbons (Fsp3) is 0.714. The summed E-state index contributed by atoms with van der Waals surface area (Å²) in [5, 5.41) is 3.10. The molecule has 102 valence electrons. The van der Waals surface area contributed by atoms with Gasteiger partial charge in [-0.15, -0.1) is 0 Å². The second-order valence-corrected chi connectivity index (χ2v) is 4.59. The molecule has 0 aromatic carbocycles. The van der Waals surface area contributed by atoms with Crippen molar-refractivity contribution in [3.63, 3.8) is 0 Å². The van der Waals surface area contributed by atoms with Crippen molar-refractivity contribution >= 4 is 5.82 Å². The largest absolute Gasteiger partial charge is 0.373 e. The number of rotatable bonds is 7. The van der Waals surface area contributed by atoms with Gasteiger partial charge in [0.05, 0.1) is 0 Å². The van der Waals surface area contributed by atoms with Crippen LogP contribution in [0.5, 0.6) is 0 Å². The Morgan fingerprint density at radius 3 is 2.50 bits per heavy atom. The van der Waals surface area contributed by atoms with Gasteiger partial charge in [0.2, 0.25) is 0 Å². The summed E-state index contributed by atoms with van der Waals surface area (Å²) in [7, 11) is 1.88. The number of hydrogen-bond acceptors (Lipinski definition) is 4. The quantitative estimate of drug-likeness (QED) is 0.808. The summed E-state index contributed by atoms with van der Waals surface area (Å²) in [5.74, 6) is 1.64. The predicted octanol–water partition coefficient (Wildman–Crippen LogP) is 3.13. The van der Waals surface area contributed by atoms with E-state index in [0.29, 0.717) is 6.61 Å². The van der Waals surface area contributed by atoms with Crippen molar-refractivity contribution in [3.05, 3.63) is 17.6 Å². The van der Waals surface area contributed by atoms with Gasteiger partial charge in [-0.2, -0.15) is 0 Å². The number of ether oxygens (including phenoxy) is 1. The lowest BCUT2D eigenvalue weighted by molar-refractivity contribution is -0.0390. The molecule has 0 amide bonds. The molecular formula is C14H25N3O. The third-order valence-electron chi connectivity index (χ3n) is 3.15. The minimum absolute atomic E-state index is 0.399. The van der Waals surface area contributed by atoms with E-state index in [9.17, 15) is 0 Å². The highest BCUT2D eigenvalue weighted by Gasteiger charge is 2.29. The number of nitrogens with zero attached hydrogens (tertiary/aromatic N) is 2. The Kier molecular flexibility index (Phi) is 5.54. The summed E-state index contributed by atoms with van der Waals surface area (Å²) >= 11 is 0. The number of anilines is 1. The first-order valence-corrected chi connectivity index (χ1v) is 6.79. The van der Waals surface area contributed by atoms with E-state index in [1.165, 1.54) is 0 Å². The smallest absolute Gasteiger partial charge is 0.162 e. The highest BCUT2D eigenvalue weighted by Crippen LogP contribution is 2.27. The first-order chi connectivity index (χ1) is 8.59. The minimum atomic E-state index is -0.399. The Bertz CT molecular complexity index is 381. The lowest BCUT2D eigenvalue weighted by Gasteiger charge is -2.27. The second kappa shape index (κ2) is 6.69. The predicted molar refractivity (Wildman–Crippen MR) is 74.8 cm³/mol. The number of aromatic nitrogens is 2. The lowest BCUT2D eigenvalue weighted by Crippen LogP contribution is -2.28. The van der Waals surface area contributed by atoms with Crippen molar-refractivity contribution in [1.82, 2.24) is 9.97 Å². The molecule has 0 fully saturated rings. The van der Waals surface area contributed by atoms with Crippen LogP contribution >= 0.6 is 0 Å². The Morgan fingerprint density at radius 1 is 1.28 bits per heavy atom. The van der Waals surface area contributed by atoms with Gasteiger partial charge in [-0.3, -0.25) is 0 Å². The van der Waals surface area contributed by atoms with E-state index >= 15 is 0 Å². The summed E-state index contributed by atoms with van der Waals surface area (Å²) in [5.41, 5.74) is 0.677. The van der Waals surface area contributed by atoms with Crippen LogP contribution in [-0.2, 0) is 16.8 Å². The third kappa shape index (κ3) is 3.42. The first kappa shape index (κ1) is 14.9. The molecule has 1 aromatic heterocycles. The van der Waals surface area contributed by atoms with Crippen LogP contribution in [0.2, 0.25) is 0 Å². The van der Waals surface area contributed by atoms with Crippen LogP contribution in [0.25, 0.3) is 0 Å². The molecule has 1 N–H and O–H groups in total. The van der Waals surface area contributed by atoms with Crippen LogP contribution in [0, 0.1) is 0 Å². The van der Waals surface area contributed by atoms with Gasteiger partial charge in [0, 0.05) is 25.4 Å². The Hall–Kier alpha value is -1.16. The number of aryl methyl sites for hydroxylation is 1.